The van der Waals surface area contributed by atoms with Gasteiger partial charge in [0.15, 0.2) is 5.60 Å². The van der Waals surface area contributed by atoms with Crippen molar-refractivity contribution < 1.29 is 26.3 Å². The first-order chi connectivity index (χ1) is 8.43. The highest BCUT2D eigenvalue weighted by Gasteiger charge is 2.37. The van der Waals surface area contributed by atoms with Crippen LogP contribution < -0.4 is 5.32 Å². The molecule has 0 aromatic heterocycles. The van der Waals surface area contributed by atoms with Gasteiger partial charge in [0.1, 0.15) is 5.75 Å². The van der Waals surface area contributed by atoms with Crippen LogP contribution in [0.2, 0.25) is 0 Å². The molecule has 1 atom stereocenters. The molecule has 1 aromatic rings. The fourth-order valence-electron chi connectivity index (χ4n) is 1.26. The molecule has 0 heterocycles. The maximum absolute atomic E-state index is 11.7. The smallest absolute Gasteiger partial charge is 0.265 e. The molecule has 6 heteroatoms. The third-order valence-electron chi connectivity index (χ3n) is 2.20. The number of hydrogen-bond acceptors (Lipinski definition) is 5. The van der Waals surface area contributed by atoms with Crippen molar-refractivity contribution in [2.75, 3.05) is 6.61 Å². The van der Waals surface area contributed by atoms with E-state index in [0.717, 1.165) is 0 Å². The topological polar surface area (TPSA) is 107 Å². The third kappa shape index (κ3) is 2.80. The normalized spacial score (nSPS) is 14.6. The molecule has 0 radical (unpaired) electrons. The summed E-state index contributed by atoms with van der Waals surface area (Å²) in [7, 11) is 0. The zero-order chi connectivity index (χ0) is 13.8. The first-order valence-electron chi connectivity index (χ1n) is 5.41. The standard InChI is InChI=1S/C11H13NO5/c1-7(14)12-10(16)11(17,6-13)8-2-4-9(15)5-3-8/h2-5,13,15,17H,6H2,1H3,(H,12,14,16)/i1D. The molecular weight excluding hydrogens is 226 g/mol. The predicted molar refractivity (Wildman–Crippen MR) is 57.9 cm³/mol. The zero-order valence-electron chi connectivity index (χ0n) is 9.88. The number of imide groups is 1. The summed E-state index contributed by atoms with van der Waals surface area (Å²) in [5.74, 6) is -2.07. The molecule has 0 saturated heterocycles. The summed E-state index contributed by atoms with van der Waals surface area (Å²) in [6.07, 6.45) is 0. The largest absolute Gasteiger partial charge is 0.508 e. The lowest BCUT2D eigenvalue weighted by molar-refractivity contribution is -0.148. The van der Waals surface area contributed by atoms with E-state index in [9.17, 15) is 14.7 Å². The predicted octanol–water partition coefficient (Wildman–Crippen LogP) is -0.765. The van der Waals surface area contributed by atoms with Gasteiger partial charge < -0.3 is 15.3 Å². The Morgan fingerprint density at radius 1 is 1.41 bits per heavy atom. The van der Waals surface area contributed by atoms with Gasteiger partial charge in [-0.05, 0) is 17.7 Å². The fraction of sp³-hybridized carbons (Fsp3) is 0.273. The van der Waals surface area contributed by atoms with Crippen LogP contribution in [-0.4, -0.2) is 33.7 Å². The molecule has 0 saturated carbocycles. The molecule has 6 nitrogen and oxygen atoms in total. The molecule has 92 valence electrons. The van der Waals surface area contributed by atoms with Crippen LogP contribution in [0.3, 0.4) is 0 Å². The van der Waals surface area contributed by atoms with Gasteiger partial charge in [0.25, 0.3) is 5.91 Å². The van der Waals surface area contributed by atoms with Crippen molar-refractivity contribution in [1.29, 1.82) is 0 Å². The van der Waals surface area contributed by atoms with E-state index in [1.165, 1.54) is 24.3 Å². The van der Waals surface area contributed by atoms with Crippen molar-refractivity contribution in [1.82, 2.24) is 5.32 Å². The van der Waals surface area contributed by atoms with Gasteiger partial charge in [0.2, 0.25) is 5.91 Å². The molecule has 1 unspecified atom stereocenters. The van der Waals surface area contributed by atoms with E-state index < -0.39 is 30.9 Å². The Kier molecular flexibility index (Phi) is 3.36. The van der Waals surface area contributed by atoms with E-state index in [-0.39, 0.29) is 11.3 Å². The monoisotopic (exact) mass is 240 g/mol. The number of phenolic OH excluding ortho intramolecular Hbond substituents is 1. The maximum Gasteiger partial charge on any atom is 0.265 e. The number of carbonyl (C=O) groups is 2. The minimum atomic E-state index is -2.29. The minimum absolute atomic E-state index is 0.0260. The number of carbonyl (C=O) groups excluding carboxylic acids is 2. The van der Waals surface area contributed by atoms with Gasteiger partial charge in [0.05, 0.1) is 6.61 Å². The molecule has 2 amide bonds. The minimum Gasteiger partial charge on any atom is -0.508 e. The zero-order valence-corrected chi connectivity index (χ0v) is 8.88. The maximum atomic E-state index is 11.7. The number of benzene rings is 1. The van der Waals surface area contributed by atoms with E-state index >= 15 is 0 Å². The van der Waals surface area contributed by atoms with Gasteiger partial charge in [-0.3, -0.25) is 14.9 Å². The molecule has 0 aliphatic heterocycles. The van der Waals surface area contributed by atoms with E-state index in [0.29, 0.717) is 0 Å². The summed E-state index contributed by atoms with van der Waals surface area (Å²) in [6, 6.07) is 4.96. The number of nitrogens with one attached hydrogen (secondary N) is 1. The number of aromatic hydroxyl groups is 1. The molecule has 0 aliphatic rings. The second-order valence-electron chi connectivity index (χ2n) is 3.44. The molecule has 17 heavy (non-hydrogen) atoms. The third-order valence-corrected chi connectivity index (χ3v) is 2.20. The van der Waals surface area contributed by atoms with Crippen LogP contribution in [0.5, 0.6) is 5.75 Å². The Bertz CT molecular complexity index is 447. The van der Waals surface area contributed by atoms with Crippen LogP contribution in [0.4, 0.5) is 0 Å². The van der Waals surface area contributed by atoms with Crippen LogP contribution in [0.15, 0.2) is 24.3 Å². The number of rotatable bonds is 3. The molecular formula is C11H13NO5. The highest BCUT2D eigenvalue weighted by Crippen LogP contribution is 2.23. The first-order valence-corrected chi connectivity index (χ1v) is 4.70. The van der Waals surface area contributed by atoms with Gasteiger partial charge in [-0.15, -0.1) is 0 Å². The van der Waals surface area contributed by atoms with E-state index in [1.54, 1.807) is 5.32 Å². The highest BCUT2D eigenvalue weighted by atomic mass is 16.3. The highest BCUT2D eigenvalue weighted by molar-refractivity contribution is 5.99. The van der Waals surface area contributed by atoms with E-state index in [1.807, 2.05) is 0 Å². The van der Waals surface area contributed by atoms with Crippen LogP contribution in [0, 0.1) is 0 Å². The van der Waals surface area contributed by atoms with Crippen molar-refractivity contribution in [2.24, 2.45) is 0 Å². The lowest BCUT2D eigenvalue weighted by Gasteiger charge is -2.24. The average molecular weight is 240 g/mol. The molecule has 1 aromatic carbocycles. The summed E-state index contributed by atoms with van der Waals surface area (Å²) in [4.78, 5) is 22.6. The molecule has 4 N–H and O–H groups in total. The number of amides is 2. The van der Waals surface area contributed by atoms with E-state index in [4.69, 9.17) is 11.6 Å². The summed E-state index contributed by atoms with van der Waals surface area (Å²) >= 11 is 0. The SMILES string of the molecule is [2H]CC(=O)NC(=O)C(O)(CO)c1ccc(O)cc1. The van der Waals surface area contributed by atoms with Crippen molar-refractivity contribution in [2.45, 2.75) is 12.5 Å². The Hall–Kier alpha value is -1.92. The van der Waals surface area contributed by atoms with Crippen LogP contribution in [0.1, 0.15) is 13.8 Å². The lowest BCUT2D eigenvalue weighted by atomic mass is 9.93. The first kappa shape index (κ1) is 11.6. The Labute approximate surface area is 98.9 Å². The number of aliphatic hydroxyl groups is 2. The van der Waals surface area contributed by atoms with Gasteiger partial charge in [-0.25, -0.2) is 0 Å². The van der Waals surface area contributed by atoms with Gasteiger partial charge in [-0.1, -0.05) is 12.1 Å². The molecule has 0 fully saturated rings. The van der Waals surface area contributed by atoms with Crippen LogP contribution in [-0.2, 0) is 15.2 Å². The summed E-state index contributed by atoms with van der Waals surface area (Å²) in [6.45, 7) is -1.60. The van der Waals surface area contributed by atoms with Gasteiger partial charge in [-0.2, -0.15) is 0 Å². The molecule has 1 rings (SSSR count). The fourth-order valence-corrected chi connectivity index (χ4v) is 1.26. The summed E-state index contributed by atoms with van der Waals surface area (Å²) in [5.41, 5.74) is -2.27. The lowest BCUT2D eigenvalue weighted by Crippen LogP contribution is -2.48. The van der Waals surface area contributed by atoms with Crippen LogP contribution >= 0.6 is 0 Å². The Morgan fingerprint density at radius 2 is 2.00 bits per heavy atom. The Morgan fingerprint density at radius 3 is 2.47 bits per heavy atom. The molecule has 0 spiro atoms. The summed E-state index contributed by atoms with van der Waals surface area (Å²) < 4.78 is 6.75. The van der Waals surface area contributed by atoms with E-state index in [2.05, 4.69) is 0 Å². The number of hydrogen-bond donors (Lipinski definition) is 4. The van der Waals surface area contributed by atoms with Crippen molar-refractivity contribution in [3.8, 4) is 5.75 Å². The Balaban J connectivity index is 3.01. The number of aliphatic hydroxyl groups excluding tert-OH is 1. The average Bonchev–Trinajstić information content (AvgIpc) is 2.38. The van der Waals surface area contributed by atoms with Gasteiger partial charge >= 0.3 is 0 Å². The molecule has 0 bridgehead atoms. The summed E-state index contributed by atoms with van der Waals surface area (Å²) in [5, 5.41) is 30.1. The van der Waals surface area contributed by atoms with Crippen molar-refractivity contribution in [3.05, 3.63) is 29.8 Å². The van der Waals surface area contributed by atoms with Crippen LogP contribution in [0.25, 0.3) is 0 Å². The van der Waals surface area contributed by atoms with Gasteiger partial charge in [0, 0.05) is 8.27 Å². The van der Waals surface area contributed by atoms with Crippen molar-refractivity contribution in [3.63, 3.8) is 0 Å². The molecule has 0 aliphatic carbocycles. The van der Waals surface area contributed by atoms with Crippen molar-refractivity contribution >= 4 is 11.8 Å². The second-order valence-corrected chi connectivity index (χ2v) is 3.44. The second kappa shape index (κ2) is 4.94. The number of phenols is 1. The quantitative estimate of drug-likeness (QED) is 0.555.